The summed E-state index contributed by atoms with van der Waals surface area (Å²) in [7, 11) is 1.76. The normalized spacial score (nSPS) is 12.0. The number of hydrogen-bond donors (Lipinski definition) is 0. The summed E-state index contributed by atoms with van der Waals surface area (Å²) in [6.45, 7) is 1.96. The molecule has 0 aliphatic carbocycles. The summed E-state index contributed by atoms with van der Waals surface area (Å²) in [4.78, 5) is 17.9. The zero-order valence-corrected chi connectivity index (χ0v) is 12.7. The Balaban J connectivity index is 2.17. The summed E-state index contributed by atoms with van der Waals surface area (Å²) < 4.78 is 0. The van der Waals surface area contributed by atoms with E-state index in [0.717, 1.165) is 5.56 Å². The number of rotatable bonds is 3. The second-order valence-corrected chi connectivity index (χ2v) is 5.34. The first-order valence-corrected chi connectivity index (χ1v) is 6.89. The fourth-order valence-corrected chi connectivity index (χ4v) is 2.08. The maximum absolute atomic E-state index is 12.4. The first-order valence-electron chi connectivity index (χ1n) is 6.13. The molecule has 5 heteroatoms. The molecule has 3 nitrogen and oxygen atoms in total. The Kier molecular flexibility index (Phi) is 4.63. The minimum Gasteiger partial charge on any atom is -0.335 e. The Labute approximate surface area is 128 Å². The van der Waals surface area contributed by atoms with Gasteiger partial charge in [-0.3, -0.25) is 4.79 Å². The zero-order chi connectivity index (χ0) is 14.7. The van der Waals surface area contributed by atoms with Gasteiger partial charge in [0.15, 0.2) is 0 Å². The maximum atomic E-state index is 12.4. The van der Waals surface area contributed by atoms with Gasteiger partial charge in [0.05, 0.1) is 11.6 Å². The number of nitrogens with zero attached hydrogens (tertiary/aromatic N) is 2. The molecule has 104 valence electrons. The van der Waals surface area contributed by atoms with Crippen molar-refractivity contribution in [1.82, 2.24) is 9.88 Å². The molecule has 0 N–H and O–H groups in total. The molecule has 2 aromatic rings. The van der Waals surface area contributed by atoms with Crippen molar-refractivity contribution >= 4 is 29.1 Å². The molecule has 0 saturated carbocycles. The standard InChI is InChI=1S/C15H14Cl2N2O/c1-10(11-3-6-13(16)7-4-11)19(2)15(20)12-5-8-14(17)18-9-12/h3-10H,1-2H3. The van der Waals surface area contributed by atoms with E-state index in [-0.39, 0.29) is 11.9 Å². The molecule has 0 aliphatic rings. The van der Waals surface area contributed by atoms with E-state index in [0.29, 0.717) is 15.7 Å². The van der Waals surface area contributed by atoms with Gasteiger partial charge in [-0.15, -0.1) is 0 Å². The van der Waals surface area contributed by atoms with Crippen LogP contribution in [0.3, 0.4) is 0 Å². The van der Waals surface area contributed by atoms with E-state index in [1.165, 1.54) is 6.20 Å². The van der Waals surface area contributed by atoms with Gasteiger partial charge in [0, 0.05) is 18.3 Å². The lowest BCUT2D eigenvalue weighted by molar-refractivity contribution is 0.0742. The number of benzene rings is 1. The van der Waals surface area contributed by atoms with Crippen molar-refractivity contribution < 1.29 is 4.79 Å². The van der Waals surface area contributed by atoms with Gasteiger partial charge in [-0.1, -0.05) is 35.3 Å². The average molecular weight is 309 g/mol. The molecule has 1 unspecified atom stereocenters. The van der Waals surface area contributed by atoms with E-state index in [1.807, 2.05) is 31.2 Å². The molecule has 1 amide bonds. The SMILES string of the molecule is CC(c1ccc(Cl)cc1)N(C)C(=O)c1ccc(Cl)nc1. The highest BCUT2D eigenvalue weighted by Crippen LogP contribution is 2.22. The van der Waals surface area contributed by atoms with Crippen LogP contribution in [0.25, 0.3) is 0 Å². The van der Waals surface area contributed by atoms with Crippen LogP contribution in [-0.4, -0.2) is 22.8 Å². The molecule has 0 radical (unpaired) electrons. The van der Waals surface area contributed by atoms with Gasteiger partial charge in [0.2, 0.25) is 0 Å². The van der Waals surface area contributed by atoms with Crippen LogP contribution in [0, 0.1) is 0 Å². The Hall–Kier alpha value is -1.58. The topological polar surface area (TPSA) is 33.2 Å². The minimum absolute atomic E-state index is 0.0598. The Morgan fingerprint density at radius 3 is 2.35 bits per heavy atom. The van der Waals surface area contributed by atoms with Crippen LogP contribution in [0.4, 0.5) is 0 Å². The Morgan fingerprint density at radius 2 is 1.80 bits per heavy atom. The molecule has 1 heterocycles. The number of amides is 1. The van der Waals surface area contributed by atoms with Crippen LogP contribution >= 0.6 is 23.2 Å². The first-order chi connectivity index (χ1) is 9.49. The summed E-state index contributed by atoms with van der Waals surface area (Å²) >= 11 is 11.6. The molecule has 0 aliphatic heterocycles. The molecular formula is C15H14Cl2N2O. The third-order valence-electron chi connectivity index (χ3n) is 3.23. The van der Waals surface area contributed by atoms with Crippen molar-refractivity contribution in [3.8, 4) is 0 Å². The summed E-state index contributed by atoms with van der Waals surface area (Å²) in [5, 5.41) is 1.05. The molecule has 1 aromatic carbocycles. The van der Waals surface area contributed by atoms with Crippen LogP contribution in [0.1, 0.15) is 28.9 Å². The second kappa shape index (κ2) is 6.25. The average Bonchev–Trinajstić information content (AvgIpc) is 2.46. The second-order valence-electron chi connectivity index (χ2n) is 4.51. The monoisotopic (exact) mass is 308 g/mol. The predicted molar refractivity (Wildman–Crippen MR) is 81.2 cm³/mol. The molecule has 0 bridgehead atoms. The van der Waals surface area contributed by atoms with Crippen molar-refractivity contribution in [3.63, 3.8) is 0 Å². The van der Waals surface area contributed by atoms with Crippen molar-refractivity contribution in [3.05, 3.63) is 63.9 Å². The lowest BCUT2D eigenvalue weighted by Crippen LogP contribution is -2.29. The maximum Gasteiger partial charge on any atom is 0.255 e. The fourth-order valence-electron chi connectivity index (χ4n) is 1.85. The first kappa shape index (κ1) is 14.8. The fraction of sp³-hybridized carbons (Fsp3) is 0.200. The minimum atomic E-state index is -0.100. The molecule has 0 saturated heterocycles. The van der Waals surface area contributed by atoms with E-state index in [4.69, 9.17) is 23.2 Å². The van der Waals surface area contributed by atoms with E-state index in [1.54, 1.807) is 24.1 Å². The van der Waals surface area contributed by atoms with Gasteiger partial charge >= 0.3 is 0 Å². The highest BCUT2D eigenvalue weighted by molar-refractivity contribution is 6.30. The lowest BCUT2D eigenvalue weighted by Gasteiger charge is -2.25. The van der Waals surface area contributed by atoms with Crippen molar-refractivity contribution in [2.75, 3.05) is 7.05 Å². The molecule has 1 atom stereocenters. The van der Waals surface area contributed by atoms with E-state index in [9.17, 15) is 4.79 Å². The van der Waals surface area contributed by atoms with Gasteiger partial charge in [-0.05, 0) is 36.8 Å². The van der Waals surface area contributed by atoms with Gasteiger partial charge in [0.1, 0.15) is 5.15 Å². The summed E-state index contributed by atoms with van der Waals surface area (Å²) in [6.07, 6.45) is 1.48. The van der Waals surface area contributed by atoms with Crippen molar-refractivity contribution in [2.45, 2.75) is 13.0 Å². The Bertz CT molecular complexity index is 596. The summed E-state index contributed by atoms with van der Waals surface area (Å²) in [6, 6.07) is 10.7. The Morgan fingerprint density at radius 1 is 1.15 bits per heavy atom. The van der Waals surface area contributed by atoms with Crippen molar-refractivity contribution in [2.24, 2.45) is 0 Å². The van der Waals surface area contributed by atoms with Crippen LogP contribution in [0.15, 0.2) is 42.6 Å². The van der Waals surface area contributed by atoms with Crippen LogP contribution in [0.5, 0.6) is 0 Å². The van der Waals surface area contributed by atoms with Gasteiger partial charge in [-0.25, -0.2) is 4.98 Å². The largest absolute Gasteiger partial charge is 0.335 e. The van der Waals surface area contributed by atoms with E-state index < -0.39 is 0 Å². The smallest absolute Gasteiger partial charge is 0.255 e. The number of carbonyl (C=O) groups is 1. The molecule has 1 aromatic heterocycles. The highest BCUT2D eigenvalue weighted by Gasteiger charge is 2.19. The summed E-state index contributed by atoms with van der Waals surface area (Å²) in [5.74, 6) is -0.100. The molecular weight excluding hydrogens is 295 g/mol. The van der Waals surface area contributed by atoms with Gasteiger partial charge in [-0.2, -0.15) is 0 Å². The van der Waals surface area contributed by atoms with Crippen LogP contribution in [-0.2, 0) is 0 Å². The molecule has 20 heavy (non-hydrogen) atoms. The van der Waals surface area contributed by atoms with Crippen LogP contribution < -0.4 is 0 Å². The number of halogens is 2. The third-order valence-corrected chi connectivity index (χ3v) is 3.70. The predicted octanol–water partition coefficient (Wildman–Crippen LogP) is 4.22. The quantitative estimate of drug-likeness (QED) is 0.795. The number of pyridine rings is 1. The molecule has 2 rings (SSSR count). The van der Waals surface area contributed by atoms with Crippen LogP contribution in [0.2, 0.25) is 10.2 Å². The highest BCUT2D eigenvalue weighted by atomic mass is 35.5. The number of carbonyl (C=O) groups excluding carboxylic acids is 1. The summed E-state index contributed by atoms with van der Waals surface area (Å²) in [5.41, 5.74) is 1.53. The number of hydrogen-bond acceptors (Lipinski definition) is 2. The van der Waals surface area contributed by atoms with E-state index >= 15 is 0 Å². The third kappa shape index (κ3) is 3.30. The molecule has 0 spiro atoms. The zero-order valence-electron chi connectivity index (χ0n) is 11.2. The van der Waals surface area contributed by atoms with Gasteiger partial charge in [0.25, 0.3) is 5.91 Å². The lowest BCUT2D eigenvalue weighted by atomic mass is 10.1. The van der Waals surface area contributed by atoms with Crippen molar-refractivity contribution in [1.29, 1.82) is 0 Å². The van der Waals surface area contributed by atoms with Gasteiger partial charge < -0.3 is 4.90 Å². The van der Waals surface area contributed by atoms with E-state index in [2.05, 4.69) is 4.98 Å². The number of aromatic nitrogens is 1. The molecule has 0 fully saturated rings.